The maximum absolute atomic E-state index is 14.8. The number of aromatic nitrogens is 3. The molecule has 1 saturated carbocycles. The van der Waals surface area contributed by atoms with Gasteiger partial charge in [-0.3, -0.25) is 4.68 Å². The molecule has 2 aromatic heterocycles. The summed E-state index contributed by atoms with van der Waals surface area (Å²) in [7, 11) is -2.17. The number of esters is 1. The summed E-state index contributed by atoms with van der Waals surface area (Å²) in [5.74, 6) is -1.03. The van der Waals surface area contributed by atoms with Gasteiger partial charge in [0.1, 0.15) is 23.6 Å². The van der Waals surface area contributed by atoms with Crippen LogP contribution < -0.4 is 4.74 Å². The van der Waals surface area contributed by atoms with Crippen molar-refractivity contribution < 1.29 is 36.4 Å². The molecule has 0 unspecified atom stereocenters. The Hall–Kier alpha value is -3.61. The standard InChI is InChI=1S/C34H39ClF3N3O5Si/c1-8-43-31(42)26-28(23-15-12-16-25(27(23)35)44-20-21-13-10-9-11-14-21)40-45-29(26)24-19-39-41(30(24)34(36,37)38)22-17-33(5,18-22)46-47(6,7)32(2,3)4/h9-16,19,22H,8,17-18,20H2,1-7H3. The Morgan fingerprint density at radius 3 is 2.38 bits per heavy atom. The summed E-state index contributed by atoms with van der Waals surface area (Å²) >= 11 is 6.73. The van der Waals surface area contributed by atoms with E-state index < -0.39 is 49.1 Å². The molecule has 1 fully saturated rings. The van der Waals surface area contributed by atoms with Crippen LogP contribution in [-0.2, 0) is 21.9 Å². The molecular formula is C34H39ClF3N3O5Si. The largest absolute Gasteiger partial charge is 0.487 e. The molecule has 0 bridgehead atoms. The number of benzene rings is 2. The molecule has 0 spiro atoms. The highest BCUT2D eigenvalue weighted by Gasteiger charge is 2.52. The van der Waals surface area contributed by atoms with Crippen LogP contribution in [-0.4, -0.2) is 41.4 Å². The van der Waals surface area contributed by atoms with Crippen LogP contribution in [0.25, 0.3) is 22.6 Å². The van der Waals surface area contributed by atoms with E-state index >= 15 is 0 Å². The molecule has 0 saturated heterocycles. The Balaban J connectivity index is 1.52. The average molecular weight is 690 g/mol. The van der Waals surface area contributed by atoms with Crippen LogP contribution in [0.3, 0.4) is 0 Å². The van der Waals surface area contributed by atoms with Crippen LogP contribution in [0.2, 0.25) is 23.2 Å². The van der Waals surface area contributed by atoms with Crippen molar-refractivity contribution in [3.05, 3.63) is 76.6 Å². The smallest absolute Gasteiger partial charge is 0.433 e. The van der Waals surface area contributed by atoms with Gasteiger partial charge in [0.15, 0.2) is 19.8 Å². The van der Waals surface area contributed by atoms with Gasteiger partial charge >= 0.3 is 12.1 Å². The van der Waals surface area contributed by atoms with Gasteiger partial charge in [-0.15, -0.1) is 0 Å². The Morgan fingerprint density at radius 1 is 1.09 bits per heavy atom. The van der Waals surface area contributed by atoms with Gasteiger partial charge in [-0.1, -0.05) is 80.0 Å². The number of carbonyl (C=O) groups excluding carboxylic acids is 1. The highest BCUT2D eigenvalue weighted by atomic mass is 35.5. The minimum atomic E-state index is -4.83. The number of hydrogen-bond acceptors (Lipinski definition) is 7. The molecule has 4 aromatic rings. The van der Waals surface area contributed by atoms with Gasteiger partial charge in [0.05, 0.1) is 35.0 Å². The fourth-order valence-corrected chi connectivity index (χ4v) is 7.62. The maximum atomic E-state index is 14.8. The second kappa shape index (κ2) is 12.8. The van der Waals surface area contributed by atoms with E-state index in [2.05, 4.69) is 44.1 Å². The normalized spacial score (nSPS) is 18.6. The fraction of sp³-hybridized carbons (Fsp3) is 0.441. The molecular weight excluding hydrogens is 651 g/mol. The molecule has 1 aliphatic carbocycles. The van der Waals surface area contributed by atoms with E-state index in [1.165, 1.54) is 0 Å². The van der Waals surface area contributed by atoms with Crippen LogP contribution >= 0.6 is 11.6 Å². The predicted octanol–water partition coefficient (Wildman–Crippen LogP) is 9.75. The van der Waals surface area contributed by atoms with Crippen LogP contribution in [0.1, 0.15) is 75.1 Å². The fourth-order valence-electron chi connectivity index (χ4n) is 5.64. The topological polar surface area (TPSA) is 88.6 Å². The van der Waals surface area contributed by atoms with E-state index in [1.807, 2.05) is 37.3 Å². The monoisotopic (exact) mass is 689 g/mol. The maximum Gasteiger partial charge on any atom is 0.433 e. The van der Waals surface area contributed by atoms with E-state index in [4.69, 9.17) is 30.0 Å². The zero-order chi connectivity index (χ0) is 34.4. The predicted molar refractivity (Wildman–Crippen MR) is 175 cm³/mol. The van der Waals surface area contributed by atoms with E-state index in [1.54, 1.807) is 25.1 Å². The van der Waals surface area contributed by atoms with Crippen LogP contribution in [0, 0.1) is 0 Å². The average Bonchev–Trinajstić information content (AvgIpc) is 3.60. The van der Waals surface area contributed by atoms with Crippen molar-refractivity contribution in [2.45, 2.75) is 90.0 Å². The Morgan fingerprint density at radius 2 is 1.77 bits per heavy atom. The highest BCUT2D eigenvalue weighted by molar-refractivity contribution is 6.74. The van der Waals surface area contributed by atoms with E-state index in [0.29, 0.717) is 18.6 Å². The number of alkyl halides is 3. The van der Waals surface area contributed by atoms with Crippen molar-refractivity contribution in [1.82, 2.24) is 14.9 Å². The minimum Gasteiger partial charge on any atom is -0.487 e. The van der Waals surface area contributed by atoms with Gasteiger partial charge in [0.25, 0.3) is 0 Å². The molecule has 252 valence electrons. The first-order valence-corrected chi connectivity index (χ1v) is 18.7. The number of halogens is 4. The van der Waals surface area contributed by atoms with E-state index in [0.717, 1.165) is 16.4 Å². The molecule has 0 amide bonds. The van der Waals surface area contributed by atoms with Crippen molar-refractivity contribution in [3.8, 4) is 28.3 Å². The van der Waals surface area contributed by atoms with Gasteiger partial charge in [-0.2, -0.15) is 18.3 Å². The first kappa shape index (κ1) is 34.7. The lowest BCUT2D eigenvalue weighted by atomic mass is 9.77. The van der Waals surface area contributed by atoms with Crippen molar-refractivity contribution in [2.75, 3.05) is 6.61 Å². The Labute approximate surface area is 278 Å². The number of hydrogen-bond donors (Lipinski definition) is 0. The van der Waals surface area contributed by atoms with Crippen molar-refractivity contribution in [3.63, 3.8) is 0 Å². The first-order chi connectivity index (χ1) is 22.0. The summed E-state index contributed by atoms with van der Waals surface area (Å²) < 4.78 is 68.7. The van der Waals surface area contributed by atoms with Crippen molar-refractivity contribution in [1.29, 1.82) is 0 Å². The van der Waals surface area contributed by atoms with Crippen molar-refractivity contribution >= 4 is 25.9 Å². The first-order valence-electron chi connectivity index (χ1n) is 15.4. The molecule has 13 heteroatoms. The number of nitrogens with zero attached hydrogens (tertiary/aromatic N) is 3. The SMILES string of the molecule is CCOC(=O)c1c(-c2cccc(OCc3ccccc3)c2Cl)noc1-c1cnn(C2CC(C)(O[Si](C)(C)C(C)(C)C)C2)c1C(F)(F)F. The van der Waals surface area contributed by atoms with Crippen LogP contribution in [0.4, 0.5) is 13.2 Å². The molecule has 0 N–H and O–H groups in total. The highest BCUT2D eigenvalue weighted by Crippen LogP contribution is 2.52. The van der Waals surface area contributed by atoms with Gasteiger partial charge in [-0.05, 0) is 56.5 Å². The molecule has 1 aliphatic rings. The molecule has 0 radical (unpaired) electrons. The molecule has 0 aliphatic heterocycles. The summed E-state index contributed by atoms with van der Waals surface area (Å²) in [6, 6.07) is 13.7. The molecule has 0 atom stereocenters. The lowest BCUT2D eigenvalue weighted by Crippen LogP contribution is -2.54. The second-order valence-corrected chi connectivity index (χ2v) is 18.7. The third-order valence-electron chi connectivity index (χ3n) is 8.92. The quantitative estimate of drug-likeness (QED) is 0.121. The molecule has 47 heavy (non-hydrogen) atoms. The third-order valence-corrected chi connectivity index (χ3v) is 13.9. The lowest BCUT2D eigenvalue weighted by molar-refractivity contribution is -0.148. The zero-order valence-corrected chi connectivity index (χ0v) is 29.3. The summed E-state index contributed by atoms with van der Waals surface area (Å²) in [5.41, 5.74) is -1.29. The van der Waals surface area contributed by atoms with Gasteiger partial charge < -0.3 is 18.4 Å². The van der Waals surface area contributed by atoms with E-state index in [9.17, 15) is 18.0 Å². The summed E-state index contributed by atoms with van der Waals surface area (Å²) in [4.78, 5) is 13.4. The molecule has 2 heterocycles. The van der Waals surface area contributed by atoms with Crippen LogP contribution in [0.15, 0.2) is 59.3 Å². The summed E-state index contributed by atoms with van der Waals surface area (Å²) in [6.07, 6.45) is -3.08. The molecule has 5 rings (SSSR count). The summed E-state index contributed by atoms with van der Waals surface area (Å²) in [6.45, 7) is 14.3. The number of rotatable bonds is 10. The van der Waals surface area contributed by atoms with Gasteiger partial charge in [0, 0.05) is 5.56 Å². The Kier molecular flexibility index (Phi) is 9.44. The van der Waals surface area contributed by atoms with Gasteiger partial charge in [-0.25, -0.2) is 4.79 Å². The molecule has 2 aromatic carbocycles. The lowest BCUT2D eigenvalue weighted by Gasteiger charge is -2.52. The minimum absolute atomic E-state index is 0.0306. The van der Waals surface area contributed by atoms with Crippen molar-refractivity contribution in [2.24, 2.45) is 0 Å². The zero-order valence-electron chi connectivity index (χ0n) is 27.5. The third kappa shape index (κ3) is 7.00. The number of carbonyl (C=O) groups is 1. The Bertz CT molecular complexity index is 1740. The second-order valence-electron chi connectivity index (χ2n) is 13.6. The van der Waals surface area contributed by atoms with Gasteiger partial charge in [0.2, 0.25) is 0 Å². The van der Waals surface area contributed by atoms with E-state index in [-0.39, 0.29) is 40.1 Å². The summed E-state index contributed by atoms with van der Waals surface area (Å²) in [5, 5.41) is 8.27. The molecule has 8 nitrogen and oxygen atoms in total. The number of ether oxygens (including phenoxy) is 2. The van der Waals surface area contributed by atoms with Crippen LogP contribution in [0.5, 0.6) is 5.75 Å².